The lowest BCUT2D eigenvalue weighted by Crippen LogP contribution is -1.95. The molecule has 0 aliphatic rings. The van der Waals surface area contributed by atoms with Gasteiger partial charge >= 0.3 is 0 Å². The Kier molecular flexibility index (Phi) is 4.34. The van der Waals surface area contributed by atoms with Gasteiger partial charge in [0.2, 0.25) is 0 Å². The van der Waals surface area contributed by atoms with Crippen LogP contribution < -0.4 is 0 Å². The summed E-state index contributed by atoms with van der Waals surface area (Å²) in [5.74, 6) is -0.202. The number of halogens is 4. The van der Waals surface area contributed by atoms with Gasteiger partial charge in [-0.2, -0.15) is 0 Å². The van der Waals surface area contributed by atoms with Crippen LogP contribution in [0, 0.1) is 5.82 Å². The van der Waals surface area contributed by atoms with Gasteiger partial charge in [0, 0.05) is 9.86 Å². The van der Waals surface area contributed by atoms with Crippen molar-refractivity contribution in [1.29, 1.82) is 0 Å². The molecule has 21 heavy (non-hydrogen) atoms. The summed E-state index contributed by atoms with van der Waals surface area (Å²) < 4.78 is 14.8. The highest BCUT2D eigenvalue weighted by Gasteiger charge is 2.15. The quantitative estimate of drug-likeness (QED) is 0.390. The van der Waals surface area contributed by atoms with Gasteiger partial charge in [0.15, 0.2) is 0 Å². The highest BCUT2D eigenvalue weighted by atomic mass is 79.9. The van der Waals surface area contributed by atoms with Gasteiger partial charge in [-0.1, -0.05) is 63.9 Å². The molecule has 0 aliphatic carbocycles. The van der Waals surface area contributed by atoms with Crippen LogP contribution >= 0.6 is 43.5 Å². The lowest BCUT2D eigenvalue weighted by atomic mass is 9.98. The van der Waals surface area contributed by atoms with Crippen molar-refractivity contribution in [2.75, 3.05) is 0 Å². The molecule has 0 fully saturated rings. The summed E-state index contributed by atoms with van der Waals surface area (Å²) in [6.07, 6.45) is 0. The summed E-state index contributed by atoms with van der Waals surface area (Å²) >= 11 is 13.2. The first-order valence-corrected chi connectivity index (χ1v) is 8.43. The lowest BCUT2D eigenvalue weighted by molar-refractivity contribution is 0.639. The van der Waals surface area contributed by atoms with Gasteiger partial charge in [0.05, 0.1) is 9.85 Å². The van der Waals surface area contributed by atoms with Gasteiger partial charge in [0.1, 0.15) is 5.82 Å². The zero-order chi connectivity index (χ0) is 15.0. The molecule has 0 bridgehead atoms. The van der Waals surface area contributed by atoms with Crippen LogP contribution in [-0.2, 0) is 0 Å². The van der Waals surface area contributed by atoms with Crippen molar-refractivity contribution in [1.82, 2.24) is 0 Å². The normalized spacial score (nSPS) is 12.6. The summed E-state index contributed by atoms with van der Waals surface area (Å²) in [7, 11) is 0. The Bertz CT molecular complexity index is 817. The maximum absolute atomic E-state index is 13.9. The molecule has 106 valence electrons. The summed E-state index contributed by atoms with van der Waals surface area (Å²) in [5, 5.41) is 2.21. The molecule has 0 amide bonds. The van der Waals surface area contributed by atoms with Crippen LogP contribution in [0.1, 0.15) is 16.0 Å². The highest BCUT2D eigenvalue weighted by molar-refractivity contribution is 9.10. The second-order valence-corrected chi connectivity index (χ2v) is 6.90. The van der Waals surface area contributed by atoms with E-state index < -0.39 is 0 Å². The number of hydrogen-bond donors (Lipinski definition) is 0. The van der Waals surface area contributed by atoms with E-state index in [0.29, 0.717) is 10.4 Å². The van der Waals surface area contributed by atoms with Crippen LogP contribution in [0.5, 0.6) is 0 Å². The first-order chi connectivity index (χ1) is 10.1. The third kappa shape index (κ3) is 2.87. The number of alkyl halides is 1. The van der Waals surface area contributed by atoms with Gasteiger partial charge < -0.3 is 0 Å². The van der Waals surface area contributed by atoms with Crippen LogP contribution in [0.4, 0.5) is 4.39 Å². The molecule has 0 heterocycles. The molecular formula is C17H10Br2ClF. The van der Waals surface area contributed by atoms with Crippen molar-refractivity contribution < 1.29 is 4.39 Å². The third-order valence-electron chi connectivity index (χ3n) is 3.41. The minimum atomic E-state index is -0.202. The monoisotopic (exact) mass is 426 g/mol. The molecule has 3 rings (SSSR count). The molecule has 1 atom stereocenters. The maximum Gasteiger partial charge on any atom is 0.131 e. The minimum absolute atomic E-state index is 0.0310. The van der Waals surface area contributed by atoms with E-state index in [9.17, 15) is 4.39 Å². The van der Waals surface area contributed by atoms with E-state index in [2.05, 4.69) is 31.9 Å². The van der Waals surface area contributed by atoms with Gasteiger partial charge in [-0.3, -0.25) is 0 Å². The predicted octanol–water partition coefficient (Wildman–Crippen LogP) is 6.88. The van der Waals surface area contributed by atoms with Crippen molar-refractivity contribution in [2.45, 2.75) is 4.83 Å². The molecule has 0 saturated heterocycles. The van der Waals surface area contributed by atoms with Crippen LogP contribution in [-0.4, -0.2) is 0 Å². The summed E-state index contributed by atoms with van der Waals surface area (Å²) in [6, 6.07) is 16.6. The third-order valence-corrected chi connectivity index (χ3v) is 5.65. The molecule has 0 N–H and O–H groups in total. The van der Waals surface area contributed by atoms with Crippen LogP contribution in [0.25, 0.3) is 10.8 Å². The molecule has 0 nitrogen and oxygen atoms in total. The maximum atomic E-state index is 13.9. The van der Waals surface area contributed by atoms with Gasteiger partial charge in [-0.15, -0.1) is 0 Å². The Hall–Kier alpha value is -0.900. The second-order valence-electron chi connectivity index (χ2n) is 4.72. The van der Waals surface area contributed by atoms with E-state index in [1.54, 1.807) is 6.07 Å². The lowest BCUT2D eigenvalue weighted by Gasteiger charge is -2.15. The van der Waals surface area contributed by atoms with E-state index in [4.69, 9.17) is 11.6 Å². The first-order valence-electron chi connectivity index (χ1n) is 6.34. The Morgan fingerprint density at radius 2 is 1.67 bits per heavy atom. The zero-order valence-corrected chi connectivity index (χ0v) is 14.7. The molecule has 0 saturated carbocycles. The molecule has 3 aromatic rings. The van der Waals surface area contributed by atoms with E-state index >= 15 is 0 Å². The largest absolute Gasteiger partial charge is 0.206 e. The Morgan fingerprint density at radius 1 is 0.952 bits per heavy atom. The fourth-order valence-electron chi connectivity index (χ4n) is 2.36. The Balaban J connectivity index is 2.15. The van der Waals surface area contributed by atoms with Crippen molar-refractivity contribution in [2.24, 2.45) is 0 Å². The van der Waals surface area contributed by atoms with Gasteiger partial charge in [-0.25, -0.2) is 4.39 Å². The Morgan fingerprint density at radius 3 is 2.38 bits per heavy atom. The van der Waals surface area contributed by atoms with Crippen molar-refractivity contribution >= 4 is 54.2 Å². The molecule has 4 heteroatoms. The van der Waals surface area contributed by atoms with E-state index in [0.717, 1.165) is 21.0 Å². The number of benzene rings is 3. The minimum Gasteiger partial charge on any atom is -0.206 e. The fourth-order valence-corrected chi connectivity index (χ4v) is 3.55. The van der Waals surface area contributed by atoms with Crippen LogP contribution in [0.3, 0.4) is 0 Å². The average Bonchev–Trinajstić information content (AvgIpc) is 2.50. The standard InChI is InChI=1S/C17H10Br2ClF/c18-14-9-10(5-7-15(14)20)17(19)13-6-8-16(21)12-4-2-1-3-11(12)13/h1-9,17H. The number of rotatable bonds is 2. The van der Waals surface area contributed by atoms with Gasteiger partial charge in [0.25, 0.3) is 0 Å². The molecule has 0 spiro atoms. The molecule has 3 aromatic carbocycles. The molecule has 0 aliphatic heterocycles. The highest BCUT2D eigenvalue weighted by Crippen LogP contribution is 2.38. The molecule has 0 radical (unpaired) electrons. The van der Waals surface area contributed by atoms with Crippen molar-refractivity contribution in [3.8, 4) is 0 Å². The molecular weight excluding hydrogens is 418 g/mol. The average molecular weight is 429 g/mol. The summed E-state index contributed by atoms with van der Waals surface area (Å²) in [5.41, 5.74) is 2.09. The topological polar surface area (TPSA) is 0 Å². The summed E-state index contributed by atoms with van der Waals surface area (Å²) in [4.78, 5) is -0.0310. The number of fused-ring (bicyclic) bond motifs is 1. The van der Waals surface area contributed by atoms with Gasteiger partial charge in [-0.05, 0) is 50.6 Å². The molecule has 0 aromatic heterocycles. The van der Waals surface area contributed by atoms with E-state index in [1.165, 1.54) is 6.07 Å². The predicted molar refractivity (Wildman–Crippen MR) is 93.8 cm³/mol. The smallest absolute Gasteiger partial charge is 0.131 e. The SMILES string of the molecule is Fc1ccc(C(Br)c2ccc(Cl)c(Br)c2)c2ccccc12. The van der Waals surface area contributed by atoms with E-state index in [-0.39, 0.29) is 10.6 Å². The van der Waals surface area contributed by atoms with E-state index in [1.807, 2.05) is 42.5 Å². The Labute approximate surface area is 144 Å². The van der Waals surface area contributed by atoms with Crippen molar-refractivity contribution in [3.63, 3.8) is 0 Å². The van der Waals surface area contributed by atoms with Crippen LogP contribution in [0.2, 0.25) is 5.02 Å². The summed E-state index contributed by atoms with van der Waals surface area (Å²) in [6.45, 7) is 0. The van der Waals surface area contributed by atoms with Crippen LogP contribution in [0.15, 0.2) is 59.1 Å². The van der Waals surface area contributed by atoms with Crippen molar-refractivity contribution in [3.05, 3.63) is 81.0 Å². The second kappa shape index (κ2) is 6.07. The molecule has 1 unspecified atom stereocenters. The first kappa shape index (κ1) is 15.0. The number of hydrogen-bond acceptors (Lipinski definition) is 0. The fraction of sp³-hybridized carbons (Fsp3) is 0.0588. The zero-order valence-electron chi connectivity index (χ0n) is 10.8.